The van der Waals surface area contributed by atoms with E-state index >= 15 is 0 Å². The van der Waals surface area contributed by atoms with Crippen molar-refractivity contribution in [2.75, 3.05) is 14.2 Å². The van der Waals surface area contributed by atoms with Crippen molar-refractivity contribution in [2.45, 2.75) is 80.1 Å². The molecule has 0 saturated carbocycles. The molecule has 0 radical (unpaired) electrons. The van der Waals surface area contributed by atoms with Gasteiger partial charge in [0.25, 0.3) is 0 Å². The summed E-state index contributed by atoms with van der Waals surface area (Å²) in [6.45, 7) is 22.4. The number of methoxy groups -OCH3 is 2. The molecule has 0 unspecified atom stereocenters. The highest BCUT2D eigenvalue weighted by atomic mass is 16.5. The molecule has 3 aromatic carbocycles. The van der Waals surface area contributed by atoms with Crippen molar-refractivity contribution in [3.63, 3.8) is 0 Å². The maximum absolute atomic E-state index is 5.68. The first kappa shape index (κ1) is 25.9. The minimum absolute atomic E-state index is 0.140. The van der Waals surface area contributed by atoms with E-state index in [2.05, 4.69) is 106 Å². The predicted octanol–water partition coefficient (Wildman–Crippen LogP) is 8.21. The average molecular weight is 459 g/mol. The van der Waals surface area contributed by atoms with Crippen LogP contribution in [0.5, 0.6) is 11.5 Å². The molecule has 182 valence electrons. The van der Waals surface area contributed by atoms with E-state index in [1.54, 1.807) is 14.2 Å². The highest BCUT2D eigenvalue weighted by molar-refractivity contribution is 5.56. The summed E-state index contributed by atoms with van der Waals surface area (Å²) in [5.74, 6) is 1.99. The molecule has 0 saturated heterocycles. The molecule has 0 heterocycles. The van der Waals surface area contributed by atoms with Gasteiger partial charge in [0.15, 0.2) is 0 Å². The quantitative estimate of drug-likeness (QED) is 0.370. The fraction of sp³-hybridized carbons (Fsp3) is 0.438. The lowest BCUT2D eigenvalue weighted by atomic mass is 9.71. The second-order valence-corrected chi connectivity index (χ2v) is 10.9. The first-order chi connectivity index (χ1) is 15.8. The fourth-order valence-electron chi connectivity index (χ4n) is 5.65. The third-order valence-corrected chi connectivity index (χ3v) is 8.11. The van der Waals surface area contributed by atoms with Gasteiger partial charge in [0, 0.05) is 10.8 Å². The molecule has 3 rings (SSSR count). The summed E-state index contributed by atoms with van der Waals surface area (Å²) < 4.78 is 11.4. The van der Waals surface area contributed by atoms with Crippen LogP contribution in [0.4, 0.5) is 0 Å². The Bertz CT molecular complexity index is 1140. The van der Waals surface area contributed by atoms with E-state index in [-0.39, 0.29) is 10.8 Å². The Labute approximate surface area is 207 Å². The van der Waals surface area contributed by atoms with Gasteiger partial charge in [-0.05, 0) is 97.2 Å². The van der Waals surface area contributed by atoms with E-state index < -0.39 is 0 Å². The number of ether oxygens (including phenoxy) is 2. The second-order valence-electron chi connectivity index (χ2n) is 10.9. The van der Waals surface area contributed by atoms with E-state index in [9.17, 15) is 0 Å². The van der Waals surface area contributed by atoms with Gasteiger partial charge in [-0.3, -0.25) is 0 Å². The molecule has 0 bridgehead atoms. The third-order valence-electron chi connectivity index (χ3n) is 8.11. The average Bonchev–Trinajstić information content (AvgIpc) is 2.79. The molecule has 2 heteroatoms. The molecular weight excluding hydrogens is 416 g/mol. The van der Waals surface area contributed by atoms with Crippen molar-refractivity contribution in [3.8, 4) is 11.5 Å². The van der Waals surface area contributed by atoms with Crippen LogP contribution < -0.4 is 9.47 Å². The second kappa shape index (κ2) is 9.13. The summed E-state index contributed by atoms with van der Waals surface area (Å²) in [4.78, 5) is 0. The van der Waals surface area contributed by atoms with Gasteiger partial charge in [-0.1, -0.05) is 64.1 Å². The van der Waals surface area contributed by atoms with Crippen LogP contribution in [0.15, 0.2) is 36.4 Å². The van der Waals surface area contributed by atoms with E-state index in [0.717, 1.165) is 11.5 Å². The van der Waals surface area contributed by atoms with Crippen LogP contribution in [0.1, 0.15) is 83.3 Å². The molecule has 0 aliphatic carbocycles. The van der Waals surface area contributed by atoms with Crippen molar-refractivity contribution in [1.29, 1.82) is 0 Å². The van der Waals surface area contributed by atoms with E-state index in [0.29, 0.717) is 0 Å². The summed E-state index contributed by atoms with van der Waals surface area (Å²) in [5, 5.41) is 0. The Morgan fingerprint density at radius 3 is 1.21 bits per heavy atom. The van der Waals surface area contributed by atoms with Crippen molar-refractivity contribution in [3.05, 3.63) is 92.0 Å². The molecule has 3 aromatic rings. The molecule has 34 heavy (non-hydrogen) atoms. The molecule has 0 aliphatic heterocycles. The Morgan fingerprint density at radius 2 is 0.882 bits per heavy atom. The zero-order valence-electron chi connectivity index (χ0n) is 23.3. The van der Waals surface area contributed by atoms with Crippen molar-refractivity contribution in [1.82, 2.24) is 0 Å². The van der Waals surface area contributed by atoms with Gasteiger partial charge in [-0.2, -0.15) is 0 Å². The maximum atomic E-state index is 5.68. The lowest BCUT2D eigenvalue weighted by molar-refractivity contribution is 0.407. The van der Waals surface area contributed by atoms with Gasteiger partial charge in [0.2, 0.25) is 0 Å². The summed E-state index contributed by atoms with van der Waals surface area (Å²) in [6.07, 6.45) is 0. The lowest BCUT2D eigenvalue weighted by Gasteiger charge is -2.34. The van der Waals surface area contributed by atoms with Crippen LogP contribution in [0.3, 0.4) is 0 Å². The van der Waals surface area contributed by atoms with Crippen molar-refractivity contribution >= 4 is 0 Å². The Kier molecular flexibility index (Phi) is 6.95. The molecule has 0 spiro atoms. The minimum Gasteiger partial charge on any atom is -0.496 e. The number of benzene rings is 3. The number of aryl methyl sites for hydroxylation is 2. The molecule has 0 aromatic heterocycles. The zero-order chi connectivity index (χ0) is 25.6. The number of hydrogen-bond donors (Lipinski definition) is 0. The largest absolute Gasteiger partial charge is 0.496 e. The molecule has 0 amide bonds. The SMILES string of the molecule is COc1c(C)cc(C(C)(C)c2cccc(C(C)(C)c3cc(C)c(OC)c(C)c3C)c2)c(C)c1C. The van der Waals surface area contributed by atoms with E-state index in [4.69, 9.17) is 9.47 Å². The summed E-state index contributed by atoms with van der Waals surface area (Å²) in [5.41, 5.74) is 12.5. The summed E-state index contributed by atoms with van der Waals surface area (Å²) in [6, 6.07) is 13.8. The molecule has 0 atom stereocenters. The predicted molar refractivity (Wildman–Crippen MR) is 145 cm³/mol. The van der Waals surface area contributed by atoms with Gasteiger partial charge in [0.05, 0.1) is 14.2 Å². The van der Waals surface area contributed by atoms with E-state index in [1.165, 1.54) is 55.6 Å². The van der Waals surface area contributed by atoms with Gasteiger partial charge in [-0.25, -0.2) is 0 Å². The Hall–Kier alpha value is -2.74. The highest BCUT2D eigenvalue weighted by Gasteiger charge is 2.31. The Morgan fingerprint density at radius 1 is 0.529 bits per heavy atom. The smallest absolute Gasteiger partial charge is 0.124 e. The van der Waals surface area contributed by atoms with Gasteiger partial charge in [0.1, 0.15) is 11.5 Å². The standard InChI is InChI=1S/C32H42O2/c1-19-16-27(21(3)23(5)29(19)33-11)31(7,8)25-14-13-15-26(18-25)32(9,10)28-17-20(2)30(34-12)24(6)22(28)4/h13-18H,1-12H3. The Balaban J connectivity index is 2.16. The molecule has 0 fully saturated rings. The van der Waals surface area contributed by atoms with Crippen LogP contribution in [0.25, 0.3) is 0 Å². The normalized spacial score (nSPS) is 12.1. The van der Waals surface area contributed by atoms with Gasteiger partial charge >= 0.3 is 0 Å². The summed E-state index contributed by atoms with van der Waals surface area (Å²) >= 11 is 0. The van der Waals surface area contributed by atoms with Crippen LogP contribution in [0, 0.1) is 41.5 Å². The van der Waals surface area contributed by atoms with Gasteiger partial charge < -0.3 is 9.47 Å². The first-order valence-corrected chi connectivity index (χ1v) is 12.2. The molecule has 2 nitrogen and oxygen atoms in total. The summed E-state index contributed by atoms with van der Waals surface area (Å²) in [7, 11) is 3.52. The maximum Gasteiger partial charge on any atom is 0.124 e. The van der Waals surface area contributed by atoms with Crippen LogP contribution in [0.2, 0.25) is 0 Å². The van der Waals surface area contributed by atoms with Crippen molar-refractivity contribution in [2.24, 2.45) is 0 Å². The van der Waals surface area contributed by atoms with E-state index in [1.807, 2.05) is 0 Å². The topological polar surface area (TPSA) is 18.5 Å². The molecule has 0 N–H and O–H groups in total. The van der Waals surface area contributed by atoms with Crippen LogP contribution in [-0.2, 0) is 10.8 Å². The first-order valence-electron chi connectivity index (χ1n) is 12.2. The monoisotopic (exact) mass is 458 g/mol. The van der Waals surface area contributed by atoms with Crippen LogP contribution in [-0.4, -0.2) is 14.2 Å². The van der Waals surface area contributed by atoms with Gasteiger partial charge in [-0.15, -0.1) is 0 Å². The lowest BCUT2D eigenvalue weighted by Crippen LogP contribution is -2.25. The van der Waals surface area contributed by atoms with Crippen LogP contribution >= 0.6 is 0 Å². The van der Waals surface area contributed by atoms with Crippen molar-refractivity contribution < 1.29 is 9.47 Å². The molecular formula is C32H42O2. The number of hydrogen-bond acceptors (Lipinski definition) is 2. The number of rotatable bonds is 6. The highest BCUT2D eigenvalue weighted by Crippen LogP contribution is 2.42. The zero-order valence-corrected chi connectivity index (χ0v) is 23.3. The third kappa shape index (κ3) is 4.13. The fourth-order valence-corrected chi connectivity index (χ4v) is 5.65. The minimum atomic E-state index is -0.140. The molecule has 0 aliphatic rings.